The van der Waals surface area contributed by atoms with Gasteiger partial charge in [-0.25, -0.2) is 0 Å². The summed E-state index contributed by atoms with van der Waals surface area (Å²) < 4.78 is 0. The first-order valence-electron chi connectivity index (χ1n) is 8.48. The van der Waals surface area contributed by atoms with Crippen molar-refractivity contribution < 1.29 is 4.79 Å². The molecule has 0 N–H and O–H groups in total. The van der Waals surface area contributed by atoms with E-state index in [1.54, 1.807) is 17.3 Å². The van der Waals surface area contributed by atoms with Crippen molar-refractivity contribution in [2.75, 3.05) is 6.54 Å². The molecule has 0 aliphatic heterocycles. The highest BCUT2D eigenvalue weighted by Gasteiger charge is 2.16. The van der Waals surface area contributed by atoms with Gasteiger partial charge in [0.2, 0.25) is 0 Å². The van der Waals surface area contributed by atoms with E-state index in [4.69, 9.17) is 5.26 Å². The van der Waals surface area contributed by atoms with E-state index in [9.17, 15) is 4.79 Å². The predicted octanol–water partition coefficient (Wildman–Crippen LogP) is 4.30. The fraction of sp³-hybridized carbons (Fsp3) is 0.136. The van der Waals surface area contributed by atoms with E-state index < -0.39 is 0 Å². The summed E-state index contributed by atoms with van der Waals surface area (Å²) in [5.41, 5.74) is 3.74. The van der Waals surface area contributed by atoms with E-state index >= 15 is 0 Å². The summed E-state index contributed by atoms with van der Waals surface area (Å²) in [7, 11) is 0. The molecule has 0 saturated heterocycles. The van der Waals surface area contributed by atoms with Crippen LogP contribution in [0, 0.1) is 11.3 Å². The number of aromatic nitrogens is 1. The third-order valence-electron chi connectivity index (χ3n) is 4.12. The van der Waals surface area contributed by atoms with Crippen LogP contribution in [0.5, 0.6) is 0 Å². The zero-order valence-electron chi connectivity index (χ0n) is 14.4. The molecule has 4 nitrogen and oxygen atoms in total. The molecule has 0 unspecified atom stereocenters. The monoisotopic (exact) mass is 341 g/mol. The lowest BCUT2D eigenvalue weighted by Crippen LogP contribution is -2.31. The van der Waals surface area contributed by atoms with Gasteiger partial charge in [-0.2, -0.15) is 5.26 Å². The molecule has 3 aromatic rings. The Kier molecular flexibility index (Phi) is 5.74. The molecular weight excluding hydrogens is 322 g/mol. The van der Waals surface area contributed by atoms with E-state index in [1.807, 2.05) is 66.7 Å². The third-order valence-corrected chi connectivity index (χ3v) is 4.12. The van der Waals surface area contributed by atoms with Crippen LogP contribution in [0.2, 0.25) is 0 Å². The summed E-state index contributed by atoms with van der Waals surface area (Å²) in [6.07, 6.45) is 3.74. The number of pyridine rings is 1. The van der Waals surface area contributed by atoms with Gasteiger partial charge in [0.05, 0.1) is 12.5 Å². The van der Waals surface area contributed by atoms with Crippen molar-refractivity contribution in [3.05, 3.63) is 90.3 Å². The van der Waals surface area contributed by atoms with Crippen LogP contribution in [-0.2, 0) is 6.54 Å². The normalized spacial score (nSPS) is 10.1. The Morgan fingerprint density at radius 2 is 1.69 bits per heavy atom. The summed E-state index contributed by atoms with van der Waals surface area (Å²) >= 11 is 0. The zero-order valence-corrected chi connectivity index (χ0v) is 14.4. The Morgan fingerprint density at radius 3 is 2.35 bits per heavy atom. The number of hydrogen-bond donors (Lipinski definition) is 0. The highest BCUT2D eigenvalue weighted by Crippen LogP contribution is 2.20. The number of amides is 1. The summed E-state index contributed by atoms with van der Waals surface area (Å²) in [5, 5.41) is 8.90. The van der Waals surface area contributed by atoms with Gasteiger partial charge in [-0.05, 0) is 34.9 Å². The molecule has 1 heterocycles. The van der Waals surface area contributed by atoms with E-state index in [0.29, 0.717) is 25.1 Å². The quantitative estimate of drug-likeness (QED) is 0.671. The molecule has 0 fully saturated rings. The van der Waals surface area contributed by atoms with Gasteiger partial charge in [0.25, 0.3) is 5.91 Å². The fourth-order valence-electron chi connectivity index (χ4n) is 2.77. The summed E-state index contributed by atoms with van der Waals surface area (Å²) in [6.45, 7) is 0.833. The lowest BCUT2D eigenvalue weighted by atomic mass is 10.0. The van der Waals surface area contributed by atoms with Crippen LogP contribution in [0.15, 0.2) is 79.1 Å². The maximum atomic E-state index is 12.9. The van der Waals surface area contributed by atoms with Gasteiger partial charge < -0.3 is 4.90 Å². The maximum Gasteiger partial charge on any atom is 0.254 e. The number of carbonyl (C=O) groups excluding carboxylic acids is 1. The average molecular weight is 341 g/mol. The topological polar surface area (TPSA) is 57.0 Å². The molecule has 0 saturated carbocycles. The molecule has 4 heteroatoms. The van der Waals surface area contributed by atoms with Crippen LogP contribution in [-0.4, -0.2) is 22.3 Å². The summed E-state index contributed by atoms with van der Waals surface area (Å²) in [4.78, 5) is 18.7. The Morgan fingerprint density at radius 1 is 0.962 bits per heavy atom. The highest BCUT2D eigenvalue weighted by molar-refractivity contribution is 5.94. The van der Waals surface area contributed by atoms with Crippen molar-refractivity contribution in [2.24, 2.45) is 0 Å². The average Bonchev–Trinajstić information content (AvgIpc) is 2.72. The van der Waals surface area contributed by atoms with Gasteiger partial charge in [-0.3, -0.25) is 9.78 Å². The molecule has 3 rings (SSSR count). The summed E-state index contributed by atoms with van der Waals surface area (Å²) in [6, 6.07) is 23.5. The van der Waals surface area contributed by atoms with Gasteiger partial charge in [-0.1, -0.05) is 48.5 Å². The van der Waals surface area contributed by atoms with Crippen molar-refractivity contribution in [1.29, 1.82) is 5.26 Å². The third kappa shape index (κ3) is 4.34. The molecule has 0 atom stereocenters. The van der Waals surface area contributed by atoms with Crippen LogP contribution in [0.3, 0.4) is 0 Å². The molecule has 0 spiro atoms. The van der Waals surface area contributed by atoms with Gasteiger partial charge >= 0.3 is 0 Å². The van der Waals surface area contributed by atoms with Crippen LogP contribution in [0.4, 0.5) is 0 Å². The van der Waals surface area contributed by atoms with E-state index in [2.05, 4.69) is 11.1 Å². The number of nitriles is 1. The van der Waals surface area contributed by atoms with Gasteiger partial charge in [-0.15, -0.1) is 0 Å². The minimum Gasteiger partial charge on any atom is -0.333 e. The van der Waals surface area contributed by atoms with E-state index in [-0.39, 0.29) is 5.91 Å². The van der Waals surface area contributed by atoms with Gasteiger partial charge in [0, 0.05) is 31.0 Å². The lowest BCUT2D eigenvalue weighted by Gasteiger charge is -2.22. The predicted molar refractivity (Wildman–Crippen MR) is 101 cm³/mol. The van der Waals surface area contributed by atoms with Crippen LogP contribution < -0.4 is 0 Å². The maximum absolute atomic E-state index is 12.9. The standard InChI is InChI=1S/C22H19N3O/c23-13-5-15-25(17-18-6-4-14-24-16-18)22(26)21-11-9-20(10-12-21)19-7-2-1-3-8-19/h1-4,6-12,14,16H,5,15,17H2. The van der Waals surface area contributed by atoms with E-state index in [0.717, 1.165) is 16.7 Å². The Balaban J connectivity index is 1.78. The first kappa shape index (κ1) is 17.4. The second-order valence-electron chi connectivity index (χ2n) is 5.94. The summed E-state index contributed by atoms with van der Waals surface area (Å²) in [5.74, 6) is -0.0799. The van der Waals surface area contributed by atoms with Crippen molar-refractivity contribution in [2.45, 2.75) is 13.0 Å². The molecule has 0 aliphatic rings. The molecule has 0 aliphatic carbocycles. The number of benzene rings is 2. The lowest BCUT2D eigenvalue weighted by molar-refractivity contribution is 0.0747. The van der Waals surface area contributed by atoms with Crippen LogP contribution in [0.25, 0.3) is 11.1 Å². The largest absolute Gasteiger partial charge is 0.333 e. The number of carbonyl (C=O) groups is 1. The smallest absolute Gasteiger partial charge is 0.254 e. The SMILES string of the molecule is N#CCCN(Cc1cccnc1)C(=O)c1ccc(-c2ccccc2)cc1. The molecule has 1 aromatic heterocycles. The second-order valence-corrected chi connectivity index (χ2v) is 5.94. The van der Waals surface area contributed by atoms with Crippen molar-refractivity contribution in [1.82, 2.24) is 9.88 Å². The molecule has 0 bridgehead atoms. The Labute approximate surface area is 153 Å². The molecule has 26 heavy (non-hydrogen) atoms. The van der Waals surface area contributed by atoms with Gasteiger partial charge in [0.15, 0.2) is 0 Å². The molecule has 2 aromatic carbocycles. The van der Waals surface area contributed by atoms with Crippen molar-refractivity contribution in [3.63, 3.8) is 0 Å². The minimum atomic E-state index is -0.0799. The van der Waals surface area contributed by atoms with Crippen molar-refractivity contribution in [3.8, 4) is 17.2 Å². The molecule has 0 radical (unpaired) electrons. The van der Waals surface area contributed by atoms with Crippen LogP contribution in [0.1, 0.15) is 22.3 Å². The molecule has 128 valence electrons. The number of nitrogens with zero attached hydrogens (tertiary/aromatic N) is 3. The first-order valence-corrected chi connectivity index (χ1v) is 8.48. The zero-order chi connectivity index (χ0) is 18.2. The second kappa shape index (κ2) is 8.59. The number of hydrogen-bond acceptors (Lipinski definition) is 3. The Hall–Kier alpha value is -3.45. The highest BCUT2D eigenvalue weighted by atomic mass is 16.2. The van der Waals surface area contributed by atoms with Crippen LogP contribution >= 0.6 is 0 Å². The molecule has 1 amide bonds. The first-order chi connectivity index (χ1) is 12.8. The number of rotatable bonds is 6. The fourth-order valence-corrected chi connectivity index (χ4v) is 2.77. The van der Waals surface area contributed by atoms with E-state index in [1.165, 1.54) is 0 Å². The minimum absolute atomic E-state index is 0.0799. The van der Waals surface area contributed by atoms with Crippen molar-refractivity contribution >= 4 is 5.91 Å². The molecular formula is C22H19N3O. The van der Waals surface area contributed by atoms with Gasteiger partial charge in [0.1, 0.15) is 0 Å². The Bertz CT molecular complexity index is 884.